The molecule has 19 heavy (non-hydrogen) atoms. The first-order valence-electron chi connectivity index (χ1n) is 6.63. The van der Waals surface area contributed by atoms with Crippen LogP contribution in [0, 0.1) is 0 Å². The number of nitrogens with two attached hydrogens (primary N) is 1. The fourth-order valence-corrected chi connectivity index (χ4v) is 2.15. The van der Waals surface area contributed by atoms with Crippen molar-refractivity contribution in [2.75, 3.05) is 33.0 Å². The summed E-state index contributed by atoms with van der Waals surface area (Å²) in [5.41, 5.74) is 4.87. The summed E-state index contributed by atoms with van der Waals surface area (Å²) in [6, 6.07) is 0. The monoisotopic (exact) mass is 271 g/mol. The van der Waals surface area contributed by atoms with Crippen molar-refractivity contribution in [1.82, 2.24) is 10.1 Å². The van der Waals surface area contributed by atoms with Crippen molar-refractivity contribution in [3.8, 4) is 0 Å². The molecule has 0 bridgehead atoms. The van der Waals surface area contributed by atoms with Crippen LogP contribution in [0.25, 0.3) is 0 Å². The summed E-state index contributed by atoms with van der Waals surface area (Å²) in [5, 5.41) is 4.03. The first kappa shape index (κ1) is 14.4. The van der Waals surface area contributed by atoms with Crippen LogP contribution >= 0.6 is 0 Å². The van der Waals surface area contributed by atoms with E-state index in [1.165, 1.54) is 0 Å². The van der Waals surface area contributed by atoms with E-state index in [2.05, 4.69) is 10.1 Å². The van der Waals surface area contributed by atoms with Gasteiger partial charge in [0, 0.05) is 39.2 Å². The van der Waals surface area contributed by atoms with Gasteiger partial charge in [0.05, 0.1) is 6.61 Å². The molecular weight excluding hydrogens is 250 g/mol. The highest BCUT2D eigenvalue weighted by Crippen LogP contribution is 2.34. The molecule has 1 saturated heterocycles. The summed E-state index contributed by atoms with van der Waals surface area (Å²) in [4.78, 5) is 4.37. The molecule has 108 valence electrons. The number of aromatic nitrogens is 2. The topological polar surface area (TPSA) is 92.6 Å². The van der Waals surface area contributed by atoms with E-state index in [0.29, 0.717) is 44.7 Å². The van der Waals surface area contributed by atoms with E-state index in [9.17, 15) is 0 Å². The molecule has 0 spiro atoms. The standard InChI is InChI=1S/C12H21N3O4/c1-2-18-12(3-6-16-7-4-12)11-14-10(19-15-11)9-17-8-5-13/h2-9,13H2,1H3. The van der Waals surface area contributed by atoms with E-state index >= 15 is 0 Å². The Hall–Kier alpha value is -1.02. The van der Waals surface area contributed by atoms with Crippen molar-refractivity contribution >= 4 is 0 Å². The minimum atomic E-state index is -0.484. The van der Waals surface area contributed by atoms with Crippen molar-refractivity contribution in [2.24, 2.45) is 5.73 Å². The van der Waals surface area contributed by atoms with Crippen LogP contribution in [0.2, 0.25) is 0 Å². The molecule has 0 unspecified atom stereocenters. The van der Waals surface area contributed by atoms with Gasteiger partial charge in [0.25, 0.3) is 5.89 Å². The Morgan fingerprint density at radius 1 is 1.37 bits per heavy atom. The van der Waals surface area contributed by atoms with Crippen molar-refractivity contribution in [1.29, 1.82) is 0 Å². The summed E-state index contributed by atoms with van der Waals surface area (Å²) in [7, 11) is 0. The Morgan fingerprint density at radius 2 is 2.16 bits per heavy atom. The van der Waals surface area contributed by atoms with Crippen LogP contribution in [0.1, 0.15) is 31.5 Å². The molecule has 0 radical (unpaired) electrons. The largest absolute Gasteiger partial charge is 0.381 e. The molecule has 1 aromatic rings. The summed E-state index contributed by atoms with van der Waals surface area (Å²) in [6.07, 6.45) is 1.48. The second kappa shape index (κ2) is 6.95. The van der Waals surface area contributed by atoms with Crippen LogP contribution in [0.15, 0.2) is 4.52 Å². The molecule has 1 aliphatic heterocycles. The molecule has 0 amide bonds. The molecule has 1 aliphatic rings. The van der Waals surface area contributed by atoms with Gasteiger partial charge in [0.2, 0.25) is 5.82 Å². The average Bonchev–Trinajstić information content (AvgIpc) is 2.90. The zero-order valence-corrected chi connectivity index (χ0v) is 11.3. The SMILES string of the molecule is CCOC1(c2noc(COCCN)n2)CCOCC1. The highest BCUT2D eigenvalue weighted by molar-refractivity contribution is 5.03. The first-order valence-corrected chi connectivity index (χ1v) is 6.63. The van der Waals surface area contributed by atoms with Gasteiger partial charge in [0.1, 0.15) is 12.2 Å². The second-order valence-corrected chi connectivity index (χ2v) is 4.39. The van der Waals surface area contributed by atoms with E-state index in [1.807, 2.05) is 6.92 Å². The average molecular weight is 271 g/mol. The number of rotatable bonds is 7. The third kappa shape index (κ3) is 3.50. The first-order chi connectivity index (χ1) is 9.30. The Kier molecular flexibility index (Phi) is 5.26. The summed E-state index contributed by atoms with van der Waals surface area (Å²) in [5.74, 6) is 1.04. The molecule has 0 atom stereocenters. The maximum absolute atomic E-state index is 5.87. The number of nitrogens with zero attached hydrogens (tertiary/aromatic N) is 2. The second-order valence-electron chi connectivity index (χ2n) is 4.39. The van der Waals surface area contributed by atoms with E-state index in [4.69, 9.17) is 24.5 Å². The van der Waals surface area contributed by atoms with Gasteiger partial charge in [-0.15, -0.1) is 0 Å². The molecule has 0 aliphatic carbocycles. The molecule has 7 heteroatoms. The van der Waals surface area contributed by atoms with Crippen molar-refractivity contribution in [3.05, 3.63) is 11.7 Å². The smallest absolute Gasteiger partial charge is 0.252 e. The van der Waals surface area contributed by atoms with Crippen LogP contribution in [0.4, 0.5) is 0 Å². The maximum Gasteiger partial charge on any atom is 0.252 e. The summed E-state index contributed by atoms with van der Waals surface area (Å²) >= 11 is 0. The minimum absolute atomic E-state index is 0.281. The highest BCUT2D eigenvalue weighted by atomic mass is 16.5. The number of hydrogen-bond donors (Lipinski definition) is 1. The quantitative estimate of drug-likeness (QED) is 0.725. The van der Waals surface area contributed by atoms with Gasteiger partial charge in [-0.3, -0.25) is 0 Å². The Labute approximate surface area is 112 Å². The van der Waals surface area contributed by atoms with Crippen LogP contribution in [0.3, 0.4) is 0 Å². The highest BCUT2D eigenvalue weighted by Gasteiger charge is 2.39. The summed E-state index contributed by atoms with van der Waals surface area (Å²) in [6.45, 7) is 5.09. The number of ether oxygens (including phenoxy) is 3. The van der Waals surface area contributed by atoms with Crippen LogP contribution in [-0.4, -0.2) is 43.1 Å². The fraction of sp³-hybridized carbons (Fsp3) is 0.833. The molecule has 2 N–H and O–H groups in total. The molecule has 2 heterocycles. The van der Waals surface area contributed by atoms with Crippen LogP contribution in [-0.2, 0) is 26.4 Å². The molecule has 2 rings (SSSR count). The lowest BCUT2D eigenvalue weighted by Gasteiger charge is -2.33. The summed E-state index contributed by atoms with van der Waals surface area (Å²) < 4.78 is 21.7. The number of hydrogen-bond acceptors (Lipinski definition) is 7. The van der Waals surface area contributed by atoms with Gasteiger partial charge in [-0.25, -0.2) is 0 Å². The predicted molar refractivity (Wildman–Crippen MR) is 66.4 cm³/mol. The Bertz CT molecular complexity index is 371. The third-order valence-corrected chi connectivity index (χ3v) is 3.08. The Balaban J connectivity index is 2.04. The molecule has 7 nitrogen and oxygen atoms in total. The van der Waals surface area contributed by atoms with Gasteiger partial charge in [-0.2, -0.15) is 4.98 Å². The van der Waals surface area contributed by atoms with E-state index in [0.717, 1.165) is 12.8 Å². The lowest BCUT2D eigenvalue weighted by Crippen LogP contribution is -2.37. The zero-order valence-electron chi connectivity index (χ0n) is 11.3. The maximum atomic E-state index is 5.87. The zero-order chi connectivity index (χ0) is 13.6. The van der Waals surface area contributed by atoms with Crippen molar-refractivity contribution in [2.45, 2.75) is 32.0 Å². The van der Waals surface area contributed by atoms with Gasteiger partial charge < -0.3 is 24.5 Å². The molecule has 1 aromatic heterocycles. The van der Waals surface area contributed by atoms with Crippen LogP contribution in [0.5, 0.6) is 0 Å². The van der Waals surface area contributed by atoms with E-state index < -0.39 is 5.60 Å². The minimum Gasteiger partial charge on any atom is -0.381 e. The van der Waals surface area contributed by atoms with Gasteiger partial charge in [0.15, 0.2) is 0 Å². The molecule has 1 fully saturated rings. The lowest BCUT2D eigenvalue weighted by molar-refractivity contribution is -0.118. The van der Waals surface area contributed by atoms with Gasteiger partial charge in [-0.05, 0) is 6.92 Å². The molecule has 0 saturated carbocycles. The van der Waals surface area contributed by atoms with Crippen molar-refractivity contribution < 1.29 is 18.7 Å². The van der Waals surface area contributed by atoms with E-state index in [-0.39, 0.29) is 6.61 Å². The van der Waals surface area contributed by atoms with Gasteiger partial charge >= 0.3 is 0 Å². The van der Waals surface area contributed by atoms with E-state index in [1.54, 1.807) is 0 Å². The van der Waals surface area contributed by atoms with Crippen LogP contribution < -0.4 is 5.73 Å². The van der Waals surface area contributed by atoms with Gasteiger partial charge in [-0.1, -0.05) is 5.16 Å². The normalized spacial score (nSPS) is 18.6. The predicted octanol–water partition coefficient (Wildman–Crippen LogP) is 0.587. The Morgan fingerprint density at radius 3 is 2.84 bits per heavy atom. The molecule has 0 aromatic carbocycles. The third-order valence-electron chi connectivity index (χ3n) is 3.08. The molecular formula is C12H21N3O4. The fourth-order valence-electron chi connectivity index (χ4n) is 2.15. The van der Waals surface area contributed by atoms with Crippen molar-refractivity contribution in [3.63, 3.8) is 0 Å². The lowest BCUT2D eigenvalue weighted by atomic mass is 9.93.